The number of furan rings is 2. The van der Waals surface area contributed by atoms with Crippen molar-refractivity contribution < 1.29 is 8.83 Å². The molecule has 0 radical (unpaired) electrons. The molecule has 11 rings (SSSR count). The van der Waals surface area contributed by atoms with Crippen molar-refractivity contribution in [3.05, 3.63) is 196 Å². The minimum atomic E-state index is 0.782. The fourth-order valence-corrected chi connectivity index (χ4v) is 8.60. The van der Waals surface area contributed by atoms with Gasteiger partial charge in [0.05, 0.1) is 11.2 Å². The first-order chi connectivity index (χ1) is 27.1. The molecule has 55 heavy (non-hydrogen) atoms. The fraction of sp³-hybridized carbons (Fsp3) is 0.0192. The lowest BCUT2D eigenvalue weighted by Gasteiger charge is -2.16. The van der Waals surface area contributed by atoms with Gasteiger partial charge in [-0.25, -0.2) is 4.98 Å². The SMILES string of the molecule is C=c1/c(=c2/oc3ccccc3/c2=C(/C)c2cccc(-c3cc4c(-c5ccccc5)nc5ccccc5c4c4ccccc34)c2)ccc2c1oc1ccccc12. The van der Waals surface area contributed by atoms with Gasteiger partial charge in [0.25, 0.3) is 0 Å². The molecule has 0 saturated carbocycles. The predicted octanol–water partition coefficient (Wildman–Crippen LogP) is 12.4. The zero-order valence-corrected chi connectivity index (χ0v) is 30.1. The number of benzene rings is 8. The Bertz CT molecular complexity index is 3580. The Balaban J connectivity index is 1.20. The summed E-state index contributed by atoms with van der Waals surface area (Å²) in [6.45, 7) is 6.75. The minimum Gasteiger partial charge on any atom is -0.455 e. The lowest BCUT2D eigenvalue weighted by molar-refractivity contribution is 0.577. The molecule has 0 aliphatic heterocycles. The number of pyridine rings is 1. The molecule has 0 aliphatic rings. The number of aromatic nitrogens is 1. The van der Waals surface area contributed by atoms with Crippen molar-refractivity contribution in [2.45, 2.75) is 6.92 Å². The maximum atomic E-state index is 6.73. The van der Waals surface area contributed by atoms with E-state index in [1.165, 1.54) is 21.7 Å². The van der Waals surface area contributed by atoms with E-state index in [1.807, 2.05) is 30.3 Å². The Hall–Kier alpha value is -7.23. The van der Waals surface area contributed by atoms with E-state index in [0.717, 1.165) is 98.2 Å². The molecule has 0 amide bonds. The van der Waals surface area contributed by atoms with E-state index in [1.54, 1.807) is 0 Å². The summed E-state index contributed by atoms with van der Waals surface area (Å²) in [7, 11) is 0. The van der Waals surface area contributed by atoms with Crippen LogP contribution in [0.4, 0.5) is 0 Å². The molecule has 11 aromatic rings. The van der Waals surface area contributed by atoms with Crippen molar-refractivity contribution in [3.63, 3.8) is 0 Å². The van der Waals surface area contributed by atoms with E-state index in [9.17, 15) is 0 Å². The third-order valence-electron chi connectivity index (χ3n) is 11.2. The number of para-hydroxylation sites is 3. The van der Waals surface area contributed by atoms with Crippen LogP contribution in [0.3, 0.4) is 0 Å². The van der Waals surface area contributed by atoms with Gasteiger partial charge in [-0.1, -0.05) is 134 Å². The molecule has 0 bridgehead atoms. The van der Waals surface area contributed by atoms with E-state index < -0.39 is 0 Å². The normalized spacial score (nSPS) is 13.1. The van der Waals surface area contributed by atoms with Crippen LogP contribution < -0.4 is 10.4 Å². The van der Waals surface area contributed by atoms with E-state index in [0.29, 0.717) is 0 Å². The molecule has 0 aliphatic carbocycles. The zero-order chi connectivity index (χ0) is 36.6. The van der Waals surface area contributed by atoms with Gasteiger partial charge in [-0.15, -0.1) is 0 Å². The van der Waals surface area contributed by atoms with Gasteiger partial charge in [0, 0.05) is 53.5 Å². The standard InChI is InChI=1S/C52H33NO2/c1-31(48-42-23-10-13-26-47(42)55-52(48)36-27-28-40-38-20-9-12-25-46(38)54-51(40)32(36)2)34-17-14-18-35(29-34)43-30-44-49(39-21-7-6-19-37(39)43)41-22-8-11-24-45(41)53-50(44)33-15-4-3-5-16-33/h3-30H,2H2,1H3/b48-31+,52-36+. The quantitative estimate of drug-likeness (QED) is 0.172. The largest absolute Gasteiger partial charge is 0.455 e. The fourth-order valence-electron chi connectivity index (χ4n) is 8.60. The monoisotopic (exact) mass is 703 g/mol. The Morgan fingerprint density at radius 2 is 1.16 bits per heavy atom. The van der Waals surface area contributed by atoms with Gasteiger partial charge in [-0.2, -0.15) is 0 Å². The van der Waals surface area contributed by atoms with Crippen LogP contribution in [0.5, 0.6) is 0 Å². The second-order valence-electron chi connectivity index (χ2n) is 14.3. The average molecular weight is 704 g/mol. The van der Waals surface area contributed by atoms with Crippen LogP contribution in [0.2, 0.25) is 0 Å². The first kappa shape index (κ1) is 31.3. The molecular weight excluding hydrogens is 671 g/mol. The van der Waals surface area contributed by atoms with Gasteiger partial charge < -0.3 is 8.83 Å². The van der Waals surface area contributed by atoms with Gasteiger partial charge >= 0.3 is 0 Å². The highest BCUT2D eigenvalue weighted by molar-refractivity contribution is 6.25. The number of fused-ring (bicyclic) bond motifs is 9. The highest BCUT2D eigenvalue weighted by Gasteiger charge is 2.18. The maximum absolute atomic E-state index is 6.73. The van der Waals surface area contributed by atoms with Crippen LogP contribution in [0.25, 0.3) is 99.9 Å². The number of nitrogens with zero attached hydrogens (tertiary/aromatic N) is 1. The molecule has 0 N–H and O–H groups in total. The van der Waals surface area contributed by atoms with Crippen LogP contribution in [0.1, 0.15) is 12.5 Å². The Kier molecular flexibility index (Phi) is 6.92. The highest BCUT2D eigenvalue weighted by Crippen LogP contribution is 2.42. The van der Waals surface area contributed by atoms with Gasteiger partial charge in [-0.05, 0) is 82.4 Å². The first-order valence-corrected chi connectivity index (χ1v) is 18.6. The third kappa shape index (κ3) is 4.80. The molecule has 8 aromatic carbocycles. The van der Waals surface area contributed by atoms with Crippen LogP contribution in [0, 0.1) is 10.6 Å². The van der Waals surface area contributed by atoms with Crippen LogP contribution >= 0.6 is 0 Å². The summed E-state index contributed by atoms with van der Waals surface area (Å²) in [5.41, 5.74) is 10.9. The van der Waals surface area contributed by atoms with E-state index >= 15 is 0 Å². The van der Waals surface area contributed by atoms with Crippen LogP contribution in [-0.4, -0.2) is 4.98 Å². The van der Waals surface area contributed by atoms with Crippen molar-refractivity contribution in [1.82, 2.24) is 4.98 Å². The Morgan fingerprint density at radius 1 is 0.509 bits per heavy atom. The molecule has 258 valence electrons. The summed E-state index contributed by atoms with van der Waals surface area (Å²) in [4.78, 5) is 5.27. The summed E-state index contributed by atoms with van der Waals surface area (Å²) < 4.78 is 13.1. The molecule has 3 heterocycles. The molecular formula is C52H33NO2. The molecule has 0 spiro atoms. The van der Waals surface area contributed by atoms with Crippen molar-refractivity contribution in [2.75, 3.05) is 0 Å². The molecule has 3 nitrogen and oxygen atoms in total. The Labute approximate surface area is 316 Å². The Morgan fingerprint density at radius 3 is 1.98 bits per heavy atom. The summed E-state index contributed by atoms with van der Waals surface area (Å²) >= 11 is 0. The molecule has 0 atom stereocenters. The van der Waals surface area contributed by atoms with Crippen molar-refractivity contribution in [3.8, 4) is 22.4 Å². The highest BCUT2D eigenvalue weighted by atomic mass is 16.3. The lowest BCUT2D eigenvalue weighted by Crippen LogP contribution is -2.10. The van der Waals surface area contributed by atoms with E-state index in [-0.39, 0.29) is 0 Å². The zero-order valence-electron chi connectivity index (χ0n) is 30.1. The summed E-state index contributed by atoms with van der Waals surface area (Å²) in [5, 5.41) is 11.9. The van der Waals surface area contributed by atoms with Gasteiger partial charge in [0.2, 0.25) is 0 Å². The van der Waals surface area contributed by atoms with E-state index in [2.05, 4.69) is 153 Å². The molecule has 0 saturated heterocycles. The first-order valence-electron chi connectivity index (χ1n) is 18.6. The van der Waals surface area contributed by atoms with Crippen LogP contribution in [0.15, 0.2) is 179 Å². The average Bonchev–Trinajstić information content (AvgIpc) is 3.83. The van der Waals surface area contributed by atoms with E-state index in [4.69, 9.17) is 13.8 Å². The number of hydrogen-bond donors (Lipinski definition) is 0. The van der Waals surface area contributed by atoms with Gasteiger partial charge in [-0.3, -0.25) is 0 Å². The second-order valence-corrected chi connectivity index (χ2v) is 14.3. The van der Waals surface area contributed by atoms with Crippen LogP contribution in [-0.2, 0) is 0 Å². The summed E-state index contributed by atoms with van der Waals surface area (Å²) in [6, 6.07) is 59.7. The molecule has 3 aromatic heterocycles. The summed E-state index contributed by atoms with van der Waals surface area (Å²) in [5.74, 6) is 0. The van der Waals surface area contributed by atoms with Gasteiger partial charge in [0.1, 0.15) is 22.2 Å². The lowest BCUT2D eigenvalue weighted by atomic mass is 9.89. The van der Waals surface area contributed by atoms with Crippen molar-refractivity contribution >= 4 is 77.5 Å². The molecule has 0 fully saturated rings. The van der Waals surface area contributed by atoms with Crippen molar-refractivity contribution in [2.24, 2.45) is 0 Å². The topological polar surface area (TPSA) is 39.2 Å². The van der Waals surface area contributed by atoms with Gasteiger partial charge in [0.15, 0.2) is 0 Å². The summed E-state index contributed by atoms with van der Waals surface area (Å²) in [6.07, 6.45) is 0. The third-order valence-corrected chi connectivity index (χ3v) is 11.2. The minimum absolute atomic E-state index is 0.782. The second kappa shape index (κ2) is 12.2. The molecule has 0 unspecified atom stereocenters. The maximum Gasteiger partial charge on any atom is 0.143 e. The molecule has 3 heteroatoms. The van der Waals surface area contributed by atoms with Crippen molar-refractivity contribution in [1.29, 1.82) is 0 Å². The number of hydrogen-bond acceptors (Lipinski definition) is 3. The predicted molar refractivity (Wildman–Crippen MR) is 228 cm³/mol. The smallest absolute Gasteiger partial charge is 0.143 e. The number of rotatable bonds is 3.